The Hall–Kier alpha value is -1.24. The molecular formula is C17H26ClN3O2S. The molecule has 134 valence electrons. The summed E-state index contributed by atoms with van der Waals surface area (Å²) in [5.41, 5.74) is 0.684. The van der Waals surface area contributed by atoms with E-state index in [4.69, 9.17) is 0 Å². The first kappa shape index (κ1) is 20.8. The Labute approximate surface area is 154 Å². The predicted octanol–water partition coefficient (Wildman–Crippen LogP) is 2.16. The Kier molecular flexibility index (Phi) is 8.59. The average Bonchev–Trinajstić information content (AvgIpc) is 2.52. The van der Waals surface area contributed by atoms with E-state index in [9.17, 15) is 9.59 Å². The zero-order chi connectivity index (χ0) is 16.8. The number of carbonyl (C=O) groups excluding carboxylic acids is 2. The molecule has 5 nitrogen and oxygen atoms in total. The lowest BCUT2D eigenvalue weighted by Gasteiger charge is -2.32. The van der Waals surface area contributed by atoms with E-state index < -0.39 is 0 Å². The van der Waals surface area contributed by atoms with Gasteiger partial charge in [0, 0.05) is 36.6 Å². The molecule has 1 aromatic carbocycles. The van der Waals surface area contributed by atoms with Gasteiger partial charge in [-0.1, -0.05) is 12.1 Å². The fraction of sp³-hybridized carbons (Fsp3) is 0.529. The molecule has 1 atom stereocenters. The van der Waals surface area contributed by atoms with E-state index in [1.54, 1.807) is 0 Å². The maximum absolute atomic E-state index is 12.8. The summed E-state index contributed by atoms with van der Waals surface area (Å²) in [4.78, 5) is 27.3. The largest absolute Gasteiger partial charge is 0.353 e. The third kappa shape index (κ3) is 6.00. The molecule has 0 radical (unpaired) electrons. The first-order chi connectivity index (χ1) is 11.0. The van der Waals surface area contributed by atoms with Gasteiger partial charge >= 0.3 is 0 Å². The normalized spacial score (nSPS) is 17.3. The number of thioether (sulfide) groups is 1. The maximum atomic E-state index is 12.8. The highest BCUT2D eigenvalue weighted by atomic mass is 35.5. The number of hydrogen-bond acceptors (Lipinski definition) is 4. The molecule has 1 heterocycles. The summed E-state index contributed by atoms with van der Waals surface area (Å²) in [7, 11) is 0. The van der Waals surface area contributed by atoms with Crippen LogP contribution in [0.2, 0.25) is 0 Å². The van der Waals surface area contributed by atoms with Crippen molar-refractivity contribution in [1.82, 2.24) is 15.5 Å². The molecule has 1 fully saturated rings. The lowest BCUT2D eigenvalue weighted by atomic mass is 10.1. The van der Waals surface area contributed by atoms with E-state index in [1.807, 2.05) is 43.0 Å². The molecule has 0 aliphatic carbocycles. The minimum absolute atomic E-state index is 0. The molecule has 24 heavy (non-hydrogen) atoms. The Morgan fingerprint density at radius 2 is 2.08 bits per heavy atom. The molecule has 7 heteroatoms. The second kappa shape index (κ2) is 9.91. The van der Waals surface area contributed by atoms with Gasteiger partial charge in [-0.25, -0.2) is 0 Å². The lowest BCUT2D eigenvalue weighted by Crippen LogP contribution is -2.51. The zero-order valence-electron chi connectivity index (χ0n) is 14.4. The average molecular weight is 372 g/mol. The fourth-order valence-electron chi connectivity index (χ4n) is 2.56. The van der Waals surface area contributed by atoms with Crippen molar-refractivity contribution in [1.29, 1.82) is 0 Å². The lowest BCUT2D eigenvalue weighted by molar-refractivity contribution is -0.119. The quantitative estimate of drug-likeness (QED) is 0.778. The Morgan fingerprint density at radius 1 is 1.38 bits per heavy atom. The van der Waals surface area contributed by atoms with E-state index in [0.29, 0.717) is 23.9 Å². The molecule has 1 aromatic rings. The van der Waals surface area contributed by atoms with Crippen LogP contribution in [0.4, 0.5) is 0 Å². The van der Waals surface area contributed by atoms with E-state index in [0.717, 1.165) is 18.0 Å². The Morgan fingerprint density at radius 3 is 2.75 bits per heavy atom. The summed E-state index contributed by atoms with van der Waals surface area (Å²) in [6, 6.07) is 7.97. The van der Waals surface area contributed by atoms with Crippen LogP contribution in [0.25, 0.3) is 0 Å². The third-order valence-electron chi connectivity index (χ3n) is 3.58. The van der Waals surface area contributed by atoms with Crippen molar-refractivity contribution in [2.45, 2.75) is 37.8 Å². The molecule has 1 saturated heterocycles. The van der Waals surface area contributed by atoms with E-state index >= 15 is 0 Å². The number of piperazine rings is 1. The number of nitrogens with zero attached hydrogens (tertiary/aromatic N) is 1. The maximum Gasteiger partial charge on any atom is 0.255 e. The predicted molar refractivity (Wildman–Crippen MR) is 101 cm³/mol. The molecule has 0 spiro atoms. The summed E-state index contributed by atoms with van der Waals surface area (Å²) in [5, 5.41) is 6.21. The van der Waals surface area contributed by atoms with E-state index in [1.165, 1.54) is 11.8 Å². The topological polar surface area (TPSA) is 61.4 Å². The summed E-state index contributed by atoms with van der Waals surface area (Å²) >= 11 is 1.42. The van der Waals surface area contributed by atoms with Crippen LogP contribution in [0.1, 0.15) is 31.1 Å². The second-order valence-corrected chi connectivity index (χ2v) is 7.13. The third-order valence-corrected chi connectivity index (χ3v) is 4.66. The molecular weight excluding hydrogens is 346 g/mol. The number of hydrogen-bond donors (Lipinski definition) is 2. The van der Waals surface area contributed by atoms with Gasteiger partial charge in [0.1, 0.15) is 0 Å². The molecule has 2 amide bonds. The SMILES string of the molecule is CC(C)NC(=O)CSc1ccccc1C(=O)N1CCNC(C)C1.Cl. The molecule has 0 aromatic heterocycles. The van der Waals surface area contributed by atoms with Crippen molar-refractivity contribution in [2.75, 3.05) is 25.4 Å². The van der Waals surface area contributed by atoms with E-state index in [-0.39, 0.29) is 30.3 Å². The number of nitrogens with one attached hydrogen (secondary N) is 2. The summed E-state index contributed by atoms with van der Waals surface area (Å²) in [6.07, 6.45) is 0. The van der Waals surface area contributed by atoms with Crippen molar-refractivity contribution in [3.63, 3.8) is 0 Å². The molecule has 1 aliphatic rings. The highest BCUT2D eigenvalue weighted by Gasteiger charge is 2.23. The van der Waals surface area contributed by atoms with Crippen LogP contribution in [0.15, 0.2) is 29.2 Å². The number of benzene rings is 1. The minimum Gasteiger partial charge on any atom is -0.353 e. The first-order valence-electron chi connectivity index (χ1n) is 8.01. The summed E-state index contributed by atoms with van der Waals surface area (Å²) < 4.78 is 0. The van der Waals surface area contributed by atoms with Gasteiger partial charge in [0.2, 0.25) is 5.91 Å². The van der Waals surface area contributed by atoms with Gasteiger partial charge in [0.15, 0.2) is 0 Å². The van der Waals surface area contributed by atoms with Gasteiger partial charge in [-0.3, -0.25) is 9.59 Å². The van der Waals surface area contributed by atoms with Crippen LogP contribution in [-0.2, 0) is 4.79 Å². The van der Waals surface area contributed by atoms with Crippen molar-refractivity contribution < 1.29 is 9.59 Å². The van der Waals surface area contributed by atoms with Gasteiger partial charge in [0.25, 0.3) is 5.91 Å². The minimum atomic E-state index is -0.0111. The highest BCUT2D eigenvalue weighted by molar-refractivity contribution is 8.00. The number of rotatable bonds is 5. The van der Waals surface area contributed by atoms with Crippen LogP contribution in [0, 0.1) is 0 Å². The number of amides is 2. The van der Waals surface area contributed by atoms with E-state index in [2.05, 4.69) is 17.6 Å². The summed E-state index contributed by atoms with van der Waals surface area (Å²) in [5.74, 6) is 0.356. The Bertz CT molecular complexity index is 569. The van der Waals surface area contributed by atoms with Crippen LogP contribution in [0.5, 0.6) is 0 Å². The van der Waals surface area contributed by atoms with Crippen LogP contribution in [0.3, 0.4) is 0 Å². The standard InChI is InChI=1S/C17H25N3O2S.ClH/c1-12(2)19-16(21)11-23-15-7-5-4-6-14(15)17(22)20-9-8-18-13(3)10-20;/h4-7,12-13,18H,8-11H2,1-3H3,(H,19,21);1H. The van der Waals surface area contributed by atoms with Crippen molar-refractivity contribution >= 4 is 36.0 Å². The number of carbonyl (C=O) groups is 2. The molecule has 2 N–H and O–H groups in total. The molecule has 1 aliphatic heterocycles. The first-order valence-corrected chi connectivity index (χ1v) is 8.99. The van der Waals surface area contributed by atoms with Crippen molar-refractivity contribution in [3.05, 3.63) is 29.8 Å². The Balaban J connectivity index is 0.00000288. The second-order valence-electron chi connectivity index (χ2n) is 6.11. The molecule has 2 rings (SSSR count). The fourth-order valence-corrected chi connectivity index (χ4v) is 3.42. The van der Waals surface area contributed by atoms with Crippen LogP contribution in [-0.4, -0.2) is 54.2 Å². The van der Waals surface area contributed by atoms with Crippen LogP contribution >= 0.6 is 24.2 Å². The van der Waals surface area contributed by atoms with Gasteiger partial charge in [0.05, 0.1) is 11.3 Å². The molecule has 1 unspecified atom stereocenters. The van der Waals surface area contributed by atoms with Gasteiger partial charge in [-0.15, -0.1) is 24.2 Å². The van der Waals surface area contributed by atoms with Gasteiger partial charge in [-0.2, -0.15) is 0 Å². The molecule has 0 bridgehead atoms. The number of halogens is 1. The van der Waals surface area contributed by atoms with Crippen molar-refractivity contribution in [3.8, 4) is 0 Å². The summed E-state index contributed by atoms with van der Waals surface area (Å²) in [6.45, 7) is 8.20. The monoisotopic (exact) mass is 371 g/mol. The smallest absolute Gasteiger partial charge is 0.255 e. The van der Waals surface area contributed by atoms with Gasteiger partial charge < -0.3 is 15.5 Å². The molecule has 0 saturated carbocycles. The van der Waals surface area contributed by atoms with Crippen LogP contribution < -0.4 is 10.6 Å². The highest BCUT2D eigenvalue weighted by Crippen LogP contribution is 2.24. The van der Waals surface area contributed by atoms with Gasteiger partial charge in [-0.05, 0) is 32.9 Å². The zero-order valence-corrected chi connectivity index (χ0v) is 16.0. The van der Waals surface area contributed by atoms with Crippen molar-refractivity contribution in [2.24, 2.45) is 0 Å².